The van der Waals surface area contributed by atoms with Crippen LogP contribution in [-0.4, -0.2) is 18.3 Å². The van der Waals surface area contributed by atoms with Crippen molar-refractivity contribution in [1.29, 1.82) is 0 Å². The number of rotatable bonds is 1. The average molecular weight is 209 g/mol. The summed E-state index contributed by atoms with van der Waals surface area (Å²) in [6.45, 7) is 0.964. The number of nitro benzene ring substituents is 1. The fourth-order valence-corrected chi connectivity index (χ4v) is 1.56. The Morgan fingerprint density at radius 2 is 2.33 bits per heavy atom. The molecule has 6 heteroatoms. The maximum Gasteiger partial charge on any atom is 0.294 e. The van der Waals surface area contributed by atoms with E-state index in [1.165, 1.54) is 6.07 Å². The third kappa shape index (κ3) is 1.84. The van der Waals surface area contributed by atoms with Gasteiger partial charge in [-0.3, -0.25) is 10.1 Å². The van der Waals surface area contributed by atoms with E-state index >= 15 is 0 Å². The Kier molecular flexibility index (Phi) is 2.42. The molecular weight excluding hydrogens is 198 g/mol. The van der Waals surface area contributed by atoms with Gasteiger partial charge in [-0.05, 0) is 18.1 Å². The maximum atomic E-state index is 10.7. The highest BCUT2D eigenvalue weighted by Gasteiger charge is 2.17. The minimum atomic E-state index is -0.483. The SMILES string of the molecule is Nc1cc2c(cc1[N+](=O)[O-])NCOCC2. The summed E-state index contributed by atoms with van der Waals surface area (Å²) in [5, 5.41) is 13.6. The predicted octanol–water partition coefficient (Wildman–Crippen LogP) is 1.12. The molecule has 15 heavy (non-hydrogen) atoms. The van der Waals surface area contributed by atoms with E-state index in [-0.39, 0.29) is 11.4 Å². The largest absolute Gasteiger partial charge is 0.393 e. The second-order valence-electron chi connectivity index (χ2n) is 3.30. The molecule has 0 fully saturated rings. The van der Waals surface area contributed by atoms with Crippen LogP contribution in [0, 0.1) is 10.1 Å². The summed E-state index contributed by atoms with van der Waals surface area (Å²) in [7, 11) is 0. The van der Waals surface area contributed by atoms with E-state index in [0.717, 1.165) is 11.3 Å². The number of fused-ring (bicyclic) bond motifs is 1. The summed E-state index contributed by atoms with van der Waals surface area (Å²) < 4.78 is 5.20. The molecule has 0 aromatic heterocycles. The molecule has 1 heterocycles. The summed E-state index contributed by atoms with van der Waals surface area (Å²) in [5.41, 5.74) is 7.40. The topological polar surface area (TPSA) is 90.4 Å². The highest BCUT2D eigenvalue weighted by atomic mass is 16.6. The third-order valence-electron chi connectivity index (χ3n) is 2.33. The van der Waals surface area contributed by atoms with Crippen molar-refractivity contribution < 1.29 is 9.66 Å². The van der Waals surface area contributed by atoms with Gasteiger partial charge >= 0.3 is 0 Å². The lowest BCUT2D eigenvalue weighted by Gasteiger charge is -2.07. The third-order valence-corrected chi connectivity index (χ3v) is 2.33. The number of nitro groups is 1. The zero-order chi connectivity index (χ0) is 10.8. The number of nitrogens with two attached hydrogens (primary N) is 1. The number of hydrogen-bond donors (Lipinski definition) is 2. The van der Waals surface area contributed by atoms with Gasteiger partial charge in [0.1, 0.15) is 12.4 Å². The summed E-state index contributed by atoms with van der Waals surface area (Å²) in [6.07, 6.45) is 0.713. The van der Waals surface area contributed by atoms with Crippen molar-refractivity contribution in [1.82, 2.24) is 0 Å². The van der Waals surface area contributed by atoms with Crippen LogP contribution in [0.3, 0.4) is 0 Å². The minimum Gasteiger partial charge on any atom is -0.393 e. The fourth-order valence-electron chi connectivity index (χ4n) is 1.56. The molecule has 0 unspecified atom stereocenters. The van der Waals surface area contributed by atoms with Gasteiger partial charge in [-0.2, -0.15) is 0 Å². The van der Waals surface area contributed by atoms with Gasteiger partial charge in [0, 0.05) is 11.8 Å². The average Bonchev–Trinajstić information content (AvgIpc) is 2.40. The maximum absolute atomic E-state index is 10.7. The zero-order valence-corrected chi connectivity index (χ0v) is 8.03. The van der Waals surface area contributed by atoms with Crippen LogP contribution in [0.2, 0.25) is 0 Å². The number of benzene rings is 1. The summed E-state index contributed by atoms with van der Waals surface area (Å²) >= 11 is 0. The molecule has 0 saturated carbocycles. The smallest absolute Gasteiger partial charge is 0.294 e. The van der Waals surface area contributed by atoms with Crippen LogP contribution in [-0.2, 0) is 11.2 Å². The quantitative estimate of drug-likeness (QED) is 0.411. The molecule has 1 aliphatic heterocycles. The van der Waals surface area contributed by atoms with Crippen molar-refractivity contribution >= 4 is 17.1 Å². The molecule has 0 amide bonds. The lowest BCUT2D eigenvalue weighted by Crippen LogP contribution is -2.04. The first-order valence-corrected chi connectivity index (χ1v) is 4.57. The first-order valence-electron chi connectivity index (χ1n) is 4.57. The van der Waals surface area contributed by atoms with E-state index in [0.29, 0.717) is 19.8 Å². The van der Waals surface area contributed by atoms with Gasteiger partial charge in [0.2, 0.25) is 0 Å². The van der Waals surface area contributed by atoms with Gasteiger partial charge in [-0.15, -0.1) is 0 Å². The molecule has 0 atom stereocenters. The van der Waals surface area contributed by atoms with Gasteiger partial charge in [-0.25, -0.2) is 0 Å². The molecule has 1 aliphatic rings. The van der Waals surface area contributed by atoms with Crippen LogP contribution in [0.15, 0.2) is 12.1 Å². The Hall–Kier alpha value is -1.82. The van der Waals surface area contributed by atoms with Crippen molar-refractivity contribution in [2.24, 2.45) is 0 Å². The normalized spacial score (nSPS) is 14.9. The zero-order valence-electron chi connectivity index (χ0n) is 8.03. The van der Waals surface area contributed by atoms with Crippen LogP contribution >= 0.6 is 0 Å². The number of hydrogen-bond acceptors (Lipinski definition) is 5. The van der Waals surface area contributed by atoms with Crippen LogP contribution < -0.4 is 11.1 Å². The van der Waals surface area contributed by atoms with Gasteiger partial charge in [-0.1, -0.05) is 0 Å². The van der Waals surface area contributed by atoms with E-state index < -0.39 is 4.92 Å². The molecular formula is C9H11N3O3. The van der Waals surface area contributed by atoms with Crippen molar-refractivity contribution in [3.05, 3.63) is 27.8 Å². The Labute approximate surface area is 86.2 Å². The monoisotopic (exact) mass is 209 g/mol. The van der Waals surface area contributed by atoms with Crippen LogP contribution in [0.1, 0.15) is 5.56 Å². The molecule has 80 valence electrons. The van der Waals surface area contributed by atoms with Crippen LogP contribution in [0.4, 0.5) is 17.1 Å². The number of nitrogens with one attached hydrogen (secondary N) is 1. The van der Waals surface area contributed by atoms with Gasteiger partial charge < -0.3 is 15.8 Å². The summed E-state index contributed by atoms with van der Waals surface area (Å²) in [4.78, 5) is 10.2. The van der Waals surface area contributed by atoms with Crippen molar-refractivity contribution in [2.75, 3.05) is 24.4 Å². The van der Waals surface area contributed by atoms with E-state index in [2.05, 4.69) is 5.32 Å². The number of ether oxygens (including phenoxy) is 1. The number of nitrogens with zero attached hydrogens (tertiary/aromatic N) is 1. The Balaban J connectivity index is 2.47. The van der Waals surface area contributed by atoms with E-state index in [4.69, 9.17) is 10.5 Å². The number of anilines is 2. The van der Waals surface area contributed by atoms with Crippen LogP contribution in [0.25, 0.3) is 0 Å². The molecule has 0 saturated heterocycles. The molecule has 2 rings (SSSR count). The van der Waals surface area contributed by atoms with Crippen LogP contribution in [0.5, 0.6) is 0 Å². The molecule has 0 spiro atoms. The highest BCUT2D eigenvalue weighted by Crippen LogP contribution is 2.30. The lowest BCUT2D eigenvalue weighted by molar-refractivity contribution is -0.383. The van der Waals surface area contributed by atoms with E-state index in [1.807, 2.05) is 0 Å². The van der Waals surface area contributed by atoms with E-state index in [9.17, 15) is 10.1 Å². The summed E-state index contributed by atoms with van der Waals surface area (Å²) in [6, 6.07) is 3.09. The first-order chi connectivity index (χ1) is 7.18. The second-order valence-corrected chi connectivity index (χ2v) is 3.30. The second kappa shape index (κ2) is 3.74. The molecule has 3 N–H and O–H groups in total. The predicted molar refractivity (Wildman–Crippen MR) is 55.7 cm³/mol. The van der Waals surface area contributed by atoms with E-state index in [1.54, 1.807) is 6.07 Å². The molecule has 0 bridgehead atoms. The first kappa shape index (κ1) is 9.72. The summed E-state index contributed by atoms with van der Waals surface area (Å²) in [5.74, 6) is 0. The van der Waals surface area contributed by atoms with Gasteiger partial charge in [0.15, 0.2) is 0 Å². The fraction of sp³-hybridized carbons (Fsp3) is 0.333. The van der Waals surface area contributed by atoms with Gasteiger partial charge in [0.05, 0.1) is 11.5 Å². The Bertz CT molecular complexity index is 406. The standard InChI is InChI=1S/C9H11N3O3/c10-7-3-6-1-2-15-5-11-8(6)4-9(7)12(13)14/h3-4,11H,1-2,5,10H2. The molecule has 6 nitrogen and oxygen atoms in total. The highest BCUT2D eigenvalue weighted by molar-refractivity contribution is 5.69. The lowest BCUT2D eigenvalue weighted by atomic mass is 10.1. The van der Waals surface area contributed by atoms with Crippen molar-refractivity contribution in [3.8, 4) is 0 Å². The van der Waals surface area contributed by atoms with Crippen molar-refractivity contribution in [2.45, 2.75) is 6.42 Å². The molecule has 1 aromatic rings. The van der Waals surface area contributed by atoms with Crippen molar-refractivity contribution in [3.63, 3.8) is 0 Å². The number of nitrogen functional groups attached to an aromatic ring is 1. The molecule has 1 aromatic carbocycles. The van der Waals surface area contributed by atoms with Gasteiger partial charge in [0.25, 0.3) is 5.69 Å². The Morgan fingerprint density at radius 1 is 1.53 bits per heavy atom. The molecule has 0 aliphatic carbocycles. The minimum absolute atomic E-state index is 0.0665. The molecule has 0 radical (unpaired) electrons. The Morgan fingerprint density at radius 3 is 3.07 bits per heavy atom.